The third kappa shape index (κ3) is 1.87. The zero-order valence-electron chi connectivity index (χ0n) is 8.68. The summed E-state index contributed by atoms with van der Waals surface area (Å²) in [5, 5.41) is 22.3. The quantitative estimate of drug-likeness (QED) is 0.556. The lowest BCUT2D eigenvalue weighted by Gasteiger charge is -2.15. The van der Waals surface area contributed by atoms with Crippen molar-refractivity contribution < 1.29 is 15.0 Å². The van der Waals surface area contributed by atoms with Gasteiger partial charge in [-0.25, -0.2) is 0 Å². The summed E-state index contributed by atoms with van der Waals surface area (Å²) in [6.45, 7) is 0.868. The number of benzene rings is 1. The molecule has 16 heavy (non-hydrogen) atoms. The number of anilines is 1. The molecule has 5 heteroatoms. The first-order valence-corrected chi connectivity index (χ1v) is 5.12. The highest BCUT2D eigenvalue weighted by molar-refractivity contribution is 5.79. The summed E-state index contributed by atoms with van der Waals surface area (Å²) in [5.41, 5.74) is 7.54. The Morgan fingerprint density at radius 2 is 2.19 bits per heavy atom. The molecule has 0 saturated heterocycles. The van der Waals surface area contributed by atoms with Crippen molar-refractivity contribution in [1.29, 1.82) is 0 Å². The van der Waals surface area contributed by atoms with Crippen LogP contribution in [0.25, 0.3) is 0 Å². The molecule has 1 amide bonds. The van der Waals surface area contributed by atoms with Crippen molar-refractivity contribution in [3.63, 3.8) is 0 Å². The van der Waals surface area contributed by atoms with E-state index in [4.69, 9.17) is 5.73 Å². The van der Waals surface area contributed by atoms with E-state index in [0.717, 1.165) is 24.2 Å². The minimum Gasteiger partial charge on any atom is -0.385 e. The average Bonchev–Trinajstić information content (AvgIpc) is 2.73. The second-order valence-corrected chi connectivity index (χ2v) is 3.89. The third-order valence-electron chi connectivity index (χ3n) is 2.77. The summed E-state index contributed by atoms with van der Waals surface area (Å²) >= 11 is 0. The van der Waals surface area contributed by atoms with Crippen molar-refractivity contribution in [2.75, 3.05) is 11.9 Å². The van der Waals surface area contributed by atoms with Crippen molar-refractivity contribution in [2.24, 2.45) is 5.73 Å². The molecule has 86 valence electrons. The molecule has 2 rings (SSSR count). The monoisotopic (exact) mass is 222 g/mol. The number of aliphatic hydroxyl groups excluding tert-OH is 2. The Hall–Kier alpha value is -1.59. The van der Waals surface area contributed by atoms with Crippen LogP contribution in [0.1, 0.15) is 17.2 Å². The van der Waals surface area contributed by atoms with E-state index in [9.17, 15) is 15.0 Å². The van der Waals surface area contributed by atoms with Crippen molar-refractivity contribution in [3.8, 4) is 0 Å². The molecule has 1 aliphatic heterocycles. The number of hydrogen-bond donors (Lipinski definition) is 4. The second kappa shape index (κ2) is 4.11. The van der Waals surface area contributed by atoms with Gasteiger partial charge in [0.2, 0.25) is 5.91 Å². The summed E-state index contributed by atoms with van der Waals surface area (Å²) in [5.74, 6) is -0.925. The first-order chi connectivity index (χ1) is 7.59. The highest BCUT2D eigenvalue weighted by atomic mass is 16.3. The molecule has 0 spiro atoms. The lowest BCUT2D eigenvalue weighted by Crippen LogP contribution is -2.33. The molecule has 0 aromatic heterocycles. The first kappa shape index (κ1) is 10.9. The highest BCUT2D eigenvalue weighted by Crippen LogP contribution is 2.26. The summed E-state index contributed by atoms with van der Waals surface area (Å²) in [6, 6.07) is 5.29. The summed E-state index contributed by atoms with van der Waals surface area (Å²) in [4.78, 5) is 10.7. The average molecular weight is 222 g/mol. The smallest absolute Gasteiger partial charge is 0.249 e. The van der Waals surface area contributed by atoms with Gasteiger partial charge in [0.25, 0.3) is 0 Å². The number of amides is 1. The number of hydrogen-bond acceptors (Lipinski definition) is 4. The first-order valence-electron chi connectivity index (χ1n) is 5.12. The number of nitrogens with two attached hydrogens (primary N) is 1. The Bertz CT molecular complexity index is 420. The van der Waals surface area contributed by atoms with Crippen LogP contribution in [-0.4, -0.2) is 28.8 Å². The largest absolute Gasteiger partial charge is 0.385 e. The van der Waals surface area contributed by atoms with Gasteiger partial charge in [0, 0.05) is 12.2 Å². The van der Waals surface area contributed by atoms with Crippen LogP contribution in [0.15, 0.2) is 18.2 Å². The van der Waals surface area contributed by atoms with Crippen LogP contribution in [0.4, 0.5) is 5.69 Å². The Balaban J connectivity index is 2.24. The van der Waals surface area contributed by atoms with E-state index < -0.39 is 18.1 Å². The van der Waals surface area contributed by atoms with E-state index in [0.29, 0.717) is 5.56 Å². The number of nitrogens with one attached hydrogen (secondary N) is 1. The number of carbonyl (C=O) groups is 1. The van der Waals surface area contributed by atoms with Gasteiger partial charge in [0.05, 0.1) is 0 Å². The molecule has 0 bridgehead atoms. The van der Waals surface area contributed by atoms with Gasteiger partial charge in [-0.05, 0) is 23.6 Å². The van der Waals surface area contributed by atoms with E-state index in [1.807, 2.05) is 6.07 Å². The Labute approximate surface area is 92.9 Å². The number of carbonyl (C=O) groups excluding carboxylic acids is 1. The molecule has 5 N–H and O–H groups in total. The van der Waals surface area contributed by atoms with Gasteiger partial charge in [-0.1, -0.05) is 12.1 Å². The standard InChI is InChI=1S/C11H14N2O3/c12-11(16)10(15)9(14)7-1-2-8-6(5-7)3-4-13-8/h1-2,5,9-10,13-15H,3-4H2,(H2,12,16). The molecule has 0 aliphatic carbocycles. The molecule has 1 aromatic carbocycles. The third-order valence-corrected chi connectivity index (χ3v) is 2.77. The van der Waals surface area contributed by atoms with Crippen LogP contribution in [0, 0.1) is 0 Å². The summed E-state index contributed by atoms with van der Waals surface area (Å²) < 4.78 is 0. The molecule has 1 heterocycles. The number of fused-ring (bicyclic) bond motifs is 1. The summed E-state index contributed by atoms with van der Waals surface area (Å²) in [6.07, 6.45) is -1.95. The van der Waals surface area contributed by atoms with Gasteiger partial charge in [-0.3, -0.25) is 4.79 Å². The number of rotatable bonds is 3. The molecule has 5 nitrogen and oxygen atoms in total. The minimum absolute atomic E-state index is 0.508. The van der Waals surface area contributed by atoms with Crippen molar-refractivity contribution >= 4 is 11.6 Å². The van der Waals surface area contributed by atoms with E-state index in [1.54, 1.807) is 12.1 Å². The maximum Gasteiger partial charge on any atom is 0.249 e. The fourth-order valence-electron chi connectivity index (χ4n) is 1.85. The Kier molecular flexibility index (Phi) is 2.80. The molecular formula is C11H14N2O3. The molecule has 0 radical (unpaired) electrons. The predicted octanol–water partition coefficient (Wildman–Crippen LogP) is -0.466. The maximum atomic E-state index is 10.7. The molecule has 0 saturated carbocycles. The lowest BCUT2D eigenvalue weighted by atomic mass is 10.0. The van der Waals surface area contributed by atoms with Gasteiger partial charge in [-0.2, -0.15) is 0 Å². The topological polar surface area (TPSA) is 95.6 Å². The van der Waals surface area contributed by atoms with E-state index in [1.165, 1.54) is 0 Å². The van der Waals surface area contributed by atoms with Crippen molar-refractivity contribution in [3.05, 3.63) is 29.3 Å². The SMILES string of the molecule is NC(=O)C(O)C(O)c1ccc2c(c1)CCN2. The molecule has 2 atom stereocenters. The minimum atomic E-state index is -1.56. The molecule has 0 fully saturated rings. The van der Waals surface area contributed by atoms with Crippen LogP contribution in [0.3, 0.4) is 0 Å². The zero-order chi connectivity index (χ0) is 11.7. The van der Waals surface area contributed by atoms with Crippen molar-refractivity contribution in [1.82, 2.24) is 0 Å². The van der Waals surface area contributed by atoms with Crippen LogP contribution >= 0.6 is 0 Å². The number of primary amides is 1. The zero-order valence-corrected chi connectivity index (χ0v) is 8.68. The fraction of sp³-hybridized carbons (Fsp3) is 0.364. The second-order valence-electron chi connectivity index (χ2n) is 3.89. The summed E-state index contributed by atoms with van der Waals surface area (Å²) in [7, 11) is 0. The van der Waals surface area contributed by atoms with Gasteiger partial charge in [-0.15, -0.1) is 0 Å². The molecular weight excluding hydrogens is 208 g/mol. The van der Waals surface area contributed by atoms with Gasteiger partial charge < -0.3 is 21.3 Å². The van der Waals surface area contributed by atoms with Gasteiger partial charge >= 0.3 is 0 Å². The number of aliphatic hydroxyl groups is 2. The predicted molar refractivity (Wildman–Crippen MR) is 58.8 cm³/mol. The van der Waals surface area contributed by atoms with Gasteiger partial charge in [0.1, 0.15) is 6.10 Å². The van der Waals surface area contributed by atoms with Crippen LogP contribution in [-0.2, 0) is 11.2 Å². The lowest BCUT2D eigenvalue weighted by molar-refractivity contribution is -0.131. The van der Waals surface area contributed by atoms with E-state index >= 15 is 0 Å². The van der Waals surface area contributed by atoms with Crippen LogP contribution < -0.4 is 11.1 Å². The molecule has 1 aliphatic rings. The molecule has 2 unspecified atom stereocenters. The van der Waals surface area contributed by atoms with Crippen LogP contribution in [0.5, 0.6) is 0 Å². The Morgan fingerprint density at radius 3 is 2.88 bits per heavy atom. The maximum absolute atomic E-state index is 10.7. The molecule has 1 aromatic rings. The Morgan fingerprint density at radius 1 is 1.44 bits per heavy atom. The van der Waals surface area contributed by atoms with Crippen molar-refractivity contribution in [2.45, 2.75) is 18.6 Å². The highest BCUT2D eigenvalue weighted by Gasteiger charge is 2.24. The fourth-order valence-corrected chi connectivity index (χ4v) is 1.85. The van der Waals surface area contributed by atoms with Gasteiger partial charge in [0.15, 0.2) is 6.10 Å². The van der Waals surface area contributed by atoms with Crippen LogP contribution in [0.2, 0.25) is 0 Å². The van der Waals surface area contributed by atoms with E-state index in [-0.39, 0.29) is 0 Å². The van der Waals surface area contributed by atoms with E-state index in [2.05, 4.69) is 5.32 Å². The normalized spacial score (nSPS) is 17.4.